The SMILES string of the molecule is [2H]C([2H])([2H])[C@]1(C)C[C@@H]2C[C@@H](C)CC(=O)[C@H]2C1. The molecule has 0 bridgehead atoms. The number of hydrogen-bond acceptors (Lipinski definition) is 1. The first kappa shape index (κ1) is 6.21. The van der Waals surface area contributed by atoms with Crippen LogP contribution in [0.15, 0.2) is 0 Å². The Kier molecular flexibility index (Phi) is 1.35. The van der Waals surface area contributed by atoms with Gasteiger partial charge in [-0.05, 0) is 36.5 Å². The summed E-state index contributed by atoms with van der Waals surface area (Å²) in [6.45, 7) is 2.00. The number of carbonyl (C=O) groups excluding carboxylic acids is 1. The Bertz CT molecular complexity index is 310. The zero-order valence-corrected chi connectivity index (χ0v) is 8.47. The van der Waals surface area contributed by atoms with Gasteiger partial charge in [0.25, 0.3) is 0 Å². The molecule has 0 aromatic rings. The van der Waals surface area contributed by atoms with E-state index in [2.05, 4.69) is 6.92 Å². The monoisotopic (exact) mass is 183 g/mol. The van der Waals surface area contributed by atoms with Crippen molar-refractivity contribution in [2.24, 2.45) is 23.2 Å². The van der Waals surface area contributed by atoms with Gasteiger partial charge in [-0.2, -0.15) is 0 Å². The normalized spacial score (nSPS) is 55.1. The zero-order chi connectivity index (χ0) is 12.1. The molecule has 0 spiro atoms. The number of fused-ring (bicyclic) bond motifs is 1. The van der Waals surface area contributed by atoms with Crippen LogP contribution >= 0.6 is 0 Å². The van der Waals surface area contributed by atoms with Crippen LogP contribution in [0.25, 0.3) is 0 Å². The van der Waals surface area contributed by atoms with E-state index < -0.39 is 12.3 Å². The van der Waals surface area contributed by atoms with Crippen LogP contribution in [-0.4, -0.2) is 5.78 Å². The number of ketones is 1. The minimum atomic E-state index is -1.92. The van der Waals surface area contributed by atoms with Gasteiger partial charge in [0.05, 0.1) is 0 Å². The summed E-state index contributed by atoms with van der Waals surface area (Å²) < 4.78 is 22.8. The molecule has 0 saturated heterocycles. The van der Waals surface area contributed by atoms with Crippen LogP contribution in [0.5, 0.6) is 0 Å². The third kappa shape index (κ3) is 1.66. The lowest BCUT2D eigenvalue weighted by Gasteiger charge is -2.28. The molecule has 2 rings (SSSR count). The Balaban J connectivity index is 2.20. The maximum absolute atomic E-state index is 11.9. The fourth-order valence-electron chi connectivity index (χ4n) is 3.18. The van der Waals surface area contributed by atoms with E-state index in [4.69, 9.17) is 4.11 Å². The van der Waals surface area contributed by atoms with Gasteiger partial charge in [-0.25, -0.2) is 0 Å². The lowest BCUT2D eigenvalue weighted by atomic mass is 9.76. The second-order valence-electron chi connectivity index (χ2n) is 5.35. The van der Waals surface area contributed by atoms with E-state index in [0.717, 1.165) is 6.42 Å². The van der Waals surface area contributed by atoms with Crippen LogP contribution < -0.4 is 0 Å². The molecule has 0 unspecified atom stereocenters. The molecule has 4 atom stereocenters. The Labute approximate surface area is 85.1 Å². The van der Waals surface area contributed by atoms with Gasteiger partial charge in [-0.3, -0.25) is 4.79 Å². The topological polar surface area (TPSA) is 17.1 Å². The van der Waals surface area contributed by atoms with Crippen molar-refractivity contribution in [3.05, 3.63) is 0 Å². The molecule has 2 saturated carbocycles. The van der Waals surface area contributed by atoms with Crippen LogP contribution in [0.1, 0.15) is 50.5 Å². The van der Waals surface area contributed by atoms with Crippen molar-refractivity contribution in [3.8, 4) is 0 Å². The highest BCUT2D eigenvalue weighted by Gasteiger charge is 2.45. The van der Waals surface area contributed by atoms with Gasteiger partial charge in [0.15, 0.2) is 0 Å². The molecule has 13 heavy (non-hydrogen) atoms. The van der Waals surface area contributed by atoms with Crippen molar-refractivity contribution >= 4 is 5.78 Å². The smallest absolute Gasteiger partial charge is 0.136 e. The predicted octanol–water partition coefficient (Wildman–Crippen LogP) is 3.04. The molecular formula is C12H20O. The highest BCUT2D eigenvalue weighted by atomic mass is 16.1. The molecule has 2 aliphatic rings. The quantitative estimate of drug-likeness (QED) is 0.564. The molecule has 0 aliphatic heterocycles. The molecule has 0 heterocycles. The van der Waals surface area contributed by atoms with Crippen molar-refractivity contribution in [3.63, 3.8) is 0 Å². The van der Waals surface area contributed by atoms with Crippen molar-refractivity contribution in [2.75, 3.05) is 0 Å². The summed E-state index contributed by atoms with van der Waals surface area (Å²) in [5.74, 6) is 1.09. The van der Waals surface area contributed by atoms with E-state index in [0.29, 0.717) is 36.9 Å². The first-order valence-corrected chi connectivity index (χ1v) is 5.26. The molecule has 74 valence electrons. The molecule has 2 fully saturated rings. The van der Waals surface area contributed by atoms with Gasteiger partial charge in [-0.15, -0.1) is 0 Å². The van der Waals surface area contributed by atoms with Crippen LogP contribution in [0, 0.1) is 23.2 Å². The Morgan fingerprint density at radius 1 is 1.54 bits per heavy atom. The highest BCUT2D eigenvalue weighted by molar-refractivity contribution is 5.82. The van der Waals surface area contributed by atoms with Gasteiger partial charge < -0.3 is 0 Å². The largest absolute Gasteiger partial charge is 0.299 e. The summed E-state index contributed by atoms with van der Waals surface area (Å²) in [4.78, 5) is 11.9. The average molecular weight is 183 g/mol. The Morgan fingerprint density at radius 3 is 3.00 bits per heavy atom. The molecule has 0 radical (unpaired) electrons. The Hall–Kier alpha value is -0.330. The first-order valence-electron chi connectivity index (χ1n) is 6.76. The summed E-state index contributed by atoms with van der Waals surface area (Å²) in [5, 5.41) is 0. The van der Waals surface area contributed by atoms with E-state index in [1.165, 1.54) is 0 Å². The predicted molar refractivity (Wildman–Crippen MR) is 53.4 cm³/mol. The number of hydrogen-bond donors (Lipinski definition) is 0. The molecule has 0 aromatic heterocycles. The minimum Gasteiger partial charge on any atom is -0.299 e. The molecule has 1 nitrogen and oxygen atoms in total. The van der Waals surface area contributed by atoms with Crippen LogP contribution in [0.3, 0.4) is 0 Å². The van der Waals surface area contributed by atoms with Crippen molar-refractivity contribution in [1.29, 1.82) is 0 Å². The van der Waals surface area contributed by atoms with Gasteiger partial charge in [0.2, 0.25) is 0 Å². The molecule has 0 N–H and O–H groups in total. The highest BCUT2D eigenvalue weighted by Crippen LogP contribution is 2.50. The second kappa shape index (κ2) is 2.83. The van der Waals surface area contributed by atoms with Gasteiger partial charge in [0.1, 0.15) is 5.78 Å². The second-order valence-corrected chi connectivity index (χ2v) is 5.35. The fraction of sp³-hybridized carbons (Fsp3) is 0.917. The number of Topliss-reactive ketones (excluding diaryl/α,β-unsaturated/α-hetero) is 1. The lowest BCUT2D eigenvalue weighted by Crippen LogP contribution is -2.28. The molecule has 0 aromatic carbocycles. The zero-order valence-electron chi connectivity index (χ0n) is 11.5. The first-order chi connectivity index (χ1) is 7.23. The number of rotatable bonds is 0. The third-order valence-corrected chi connectivity index (χ3v) is 3.62. The maximum atomic E-state index is 11.9. The third-order valence-electron chi connectivity index (χ3n) is 3.62. The molecule has 1 heteroatoms. The van der Waals surface area contributed by atoms with Crippen LogP contribution in [-0.2, 0) is 4.79 Å². The van der Waals surface area contributed by atoms with Gasteiger partial charge in [0, 0.05) is 16.5 Å². The van der Waals surface area contributed by atoms with Crippen molar-refractivity contribution < 1.29 is 8.91 Å². The summed E-state index contributed by atoms with van der Waals surface area (Å²) in [6, 6.07) is 0. The fourth-order valence-corrected chi connectivity index (χ4v) is 3.18. The molecular weight excluding hydrogens is 160 g/mol. The lowest BCUT2D eigenvalue weighted by molar-refractivity contribution is -0.127. The van der Waals surface area contributed by atoms with Crippen LogP contribution in [0.2, 0.25) is 0 Å². The van der Waals surface area contributed by atoms with Crippen LogP contribution in [0.4, 0.5) is 0 Å². The van der Waals surface area contributed by atoms with E-state index in [1.54, 1.807) is 0 Å². The molecule has 0 amide bonds. The summed E-state index contributed by atoms with van der Waals surface area (Å²) in [5.41, 5.74) is -0.637. The van der Waals surface area contributed by atoms with Crippen molar-refractivity contribution in [1.82, 2.24) is 0 Å². The van der Waals surface area contributed by atoms with E-state index in [1.807, 2.05) is 6.92 Å². The van der Waals surface area contributed by atoms with Crippen molar-refractivity contribution in [2.45, 2.75) is 46.4 Å². The summed E-state index contributed by atoms with van der Waals surface area (Å²) in [7, 11) is 0. The van der Waals surface area contributed by atoms with E-state index in [-0.39, 0.29) is 5.92 Å². The standard InChI is InChI=1S/C12H20O/c1-8-4-9-6-12(2,3)7-10(9)11(13)5-8/h8-10H,4-7H2,1-3H3/t8-,9+,10+/m1/s1/i2D3/t8-,9+,10+,12+. The maximum Gasteiger partial charge on any atom is 0.136 e. The Morgan fingerprint density at radius 2 is 2.31 bits per heavy atom. The molecule has 2 aliphatic carbocycles. The van der Waals surface area contributed by atoms with Gasteiger partial charge in [-0.1, -0.05) is 20.7 Å². The summed E-state index contributed by atoms with van der Waals surface area (Å²) >= 11 is 0. The van der Waals surface area contributed by atoms with E-state index in [9.17, 15) is 4.79 Å². The minimum absolute atomic E-state index is 0.0293. The van der Waals surface area contributed by atoms with E-state index >= 15 is 0 Å². The average Bonchev–Trinajstić information content (AvgIpc) is 2.42. The number of carbonyl (C=O) groups is 1. The summed E-state index contributed by atoms with van der Waals surface area (Å²) in [6.07, 6.45) is 2.95. The van der Waals surface area contributed by atoms with Gasteiger partial charge >= 0.3 is 0 Å².